The molecule has 0 saturated carbocycles. The van der Waals surface area contributed by atoms with Gasteiger partial charge in [0.15, 0.2) is 0 Å². The highest BCUT2D eigenvalue weighted by atomic mass is 35.5. The highest BCUT2D eigenvalue weighted by Gasteiger charge is 2.33. The van der Waals surface area contributed by atoms with E-state index in [1.54, 1.807) is 0 Å². The van der Waals surface area contributed by atoms with Crippen LogP contribution in [0, 0.1) is 5.92 Å². The molecule has 0 aliphatic carbocycles. The molecule has 29 heavy (non-hydrogen) atoms. The Morgan fingerprint density at radius 2 is 1.66 bits per heavy atom. The van der Waals surface area contributed by atoms with E-state index >= 15 is 0 Å². The monoisotopic (exact) mass is 449 g/mol. The van der Waals surface area contributed by atoms with Gasteiger partial charge >= 0.3 is 12.2 Å². The summed E-state index contributed by atoms with van der Waals surface area (Å²) in [5.74, 6) is 0.269. The van der Waals surface area contributed by atoms with Gasteiger partial charge in [-0.1, -0.05) is 25.4 Å². The lowest BCUT2D eigenvalue weighted by molar-refractivity contribution is -0.137. The third-order valence-corrected chi connectivity index (χ3v) is 5.34. The molecule has 2 amide bonds. The third kappa shape index (κ3) is 6.53. The van der Waals surface area contributed by atoms with Crippen molar-refractivity contribution in [2.45, 2.75) is 24.9 Å². The quantitative estimate of drug-likeness (QED) is 0.584. The summed E-state index contributed by atoms with van der Waals surface area (Å²) in [7, 11) is -4.14. The maximum atomic E-state index is 12.9. The van der Waals surface area contributed by atoms with E-state index in [2.05, 4.69) is 15.4 Å². The minimum Gasteiger partial charge on any atom is -0.338 e. The van der Waals surface area contributed by atoms with E-state index in [1.807, 2.05) is 13.8 Å². The van der Waals surface area contributed by atoms with Gasteiger partial charge in [-0.25, -0.2) is 13.2 Å². The fourth-order valence-electron chi connectivity index (χ4n) is 2.21. The van der Waals surface area contributed by atoms with Crippen LogP contribution in [0.1, 0.15) is 19.4 Å². The summed E-state index contributed by atoms with van der Waals surface area (Å²) in [5.41, 5.74) is -1.07. The Morgan fingerprint density at radius 1 is 1.07 bits per heavy atom. The topological polar surface area (TPSA) is 87.3 Å². The molecular formula is C18H19ClF3N3O3S. The predicted molar refractivity (Wildman–Crippen MR) is 106 cm³/mol. The summed E-state index contributed by atoms with van der Waals surface area (Å²) >= 11 is 5.53. The number of rotatable bonds is 6. The molecule has 2 aromatic carbocycles. The van der Waals surface area contributed by atoms with Crippen molar-refractivity contribution in [1.29, 1.82) is 0 Å². The molecule has 0 aliphatic heterocycles. The molecule has 0 aliphatic rings. The van der Waals surface area contributed by atoms with Crippen molar-refractivity contribution in [2.75, 3.05) is 16.6 Å². The van der Waals surface area contributed by atoms with Crippen molar-refractivity contribution in [3.8, 4) is 0 Å². The number of carbonyl (C=O) groups is 1. The van der Waals surface area contributed by atoms with Crippen LogP contribution in [-0.4, -0.2) is 21.0 Å². The second-order valence-electron chi connectivity index (χ2n) is 6.55. The highest BCUT2D eigenvalue weighted by molar-refractivity contribution is 7.92. The van der Waals surface area contributed by atoms with Crippen molar-refractivity contribution >= 4 is 39.0 Å². The molecule has 0 spiro atoms. The zero-order valence-electron chi connectivity index (χ0n) is 15.5. The van der Waals surface area contributed by atoms with Crippen molar-refractivity contribution in [1.82, 2.24) is 5.32 Å². The number of alkyl halides is 3. The number of amides is 2. The number of halogens is 4. The van der Waals surface area contributed by atoms with Crippen LogP contribution in [0.15, 0.2) is 47.4 Å². The Labute approximate surface area is 171 Å². The number of sulfonamides is 1. The van der Waals surface area contributed by atoms with E-state index in [0.717, 1.165) is 12.1 Å². The van der Waals surface area contributed by atoms with E-state index in [4.69, 9.17) is 11.6 Å². The molecule has 0 unspecified atom stereocenters. The zero-order valence-corrected chi connectivity index (χ0v) is 17.0. The summed E-state index contributed by atoms with van der Waals surface area (Å²) in [5, 5.41) is 4.66. The molecule has 0 saturated heterocycles. The Balaban J connectivity index is 2.13. The Hall–Kier alpha value is -2.46. The SMILES string of the molecule is CC(C)CNC(=O)Nc1ccc(S(=O)(=O)Nc2ccc(Cl)c(C(F)(F)F)c2)cc1. The summed E-state index contributed by atoms with van der Waals surface area (Å²) < 4.78 is 65.7. The molecule has 3 N–H and O–H groups in total. The molecule has 0 atom stereocenters. The molecular weight excluding hydrogens is 431 g/mol. The molecule has 0 radical (unpaired) electrons. The standard InChI is InChI=1S/C18H19ClF3N3O3S/c1-11(2)10-23-17(26)24-12-3-6-14(7-4-12)29(27,28)25-13-5-8-16(19)15(9-13)18(20,21)22/h3-9,11,25H,10H2,1-2H3,(H2,23,24,26). The smallest absolute Gasteiger partial charge is 0.338 e. The van der Waals surface area contributed by atoms with Crippen molar-refractivity contribution in [3.63, 3.8) is 0 Å². The van der Waals surface area contributed by atoms with Gasteiger partial charge in [-0.3, -0.25) is 4.72 Å². The average molecular weight is 450 g/mol. The first-order chi connectivity index (χ1) is 13.4. The molecule has 0 fully saturated rings. The van der Waals surface area contributed by atoms with Crippen molar-refractivity contribution in [3.05, 3.63) is 53.1 Å². The van der Waals surface area contributed by atoms with E-state index < -0.39 is 32.8 Å². The number of urea groups is 1. The Bertz CT molecular complexity index is 978. The normalized spacial score (nSPS) is 12.0. The average Bonchev–Trinajstić information content (AvgIpc) is 2.61. The lowest BCUT2D eigenvalue weighted by Crippen LogP contribution is -2.31. The first-order valence-corrected chi connectivity index (χ1v) is 10.3. The van der Waals surface area contributed by atoms with Crippen LogP contribution in [0.4, 0.5) is 29.3 Å². The number of anilines is 2. The molecule has 0 bridgehead atoms. The lowest BCUT2D eigenvalue weighted by Gasteiger charge is -2.13. The van der Waals surface area contributed by atoms with Gasteiger partial charge in [-0.2, -0.15) is 13.2 Å². The minimum absolute atomic E-state index is 0.186. The van der Waals surface area contributed by atoms with Crippen LogP contribution in [0.25, 0.3) is 0 Å². The molecule has 2 rings (SSSR count). The number of carbonyl (C=O) groups excluding carboxylic acids is 1. The van der Waals surface area contributed by atoms with Crippen molar-refractivity contribution in [2.24, 2.45) is 5.92 Å². The number of hydrogen-bond acceptors (Lipinski definition) is 3. The first kappa shape index (κ1) is 22.8. The second-order valence-corrected chi connectivity index (χ2v) is 8.64. The minimum atomic E-state index is -4.72. The van der Waals surface area contributed by atoms with Gasteiger partial charge < -0.3 is 10.6 Å². The fourth-order valence-corrected chi connectivity index (χ4v) is 3.48. The van der Waals surface area contributed by atoms with Crippen LogP contribution in [0.5, 0.6) is 0 Å². The maximum Gasteiger partial charge on any atom is 0.417 e. The number of nitrogens with one attached hydrogen (secondary N) is 3. The van der Waals surface area contributed by atoms with Gasteiger partial charge in [0.05, 0.1) is 15.5 Å². The summed E-state index contributed by atoms with van der Waals surface area (Å²) in [6, 6.07) is 7.46. The summed E-state index contributed by atoms with van der Waals surface area (Å²) in [6.07, 6.45) is -4.72. The number of hydrogen-bond donors (Lipinski definition) is 3. The predicted octanol–water partition coefficient (Wildman–Crippen LogP) is 4.94. The largest absolute Gasteiger partial charge is 0.417 e. The number of benzene rings is 2. The van der Waals surface area contributed by atoms with Gasteiger partial charge in [0, 0.05) is 17.9 Å². The van der Waals surface area contributed by atoms with Gasteiger partial charge in [0.2, 0.25) is 0 Å². The Kier molecular flexibility index (Phi) is 7.02. The fraction of sp³-hybridized carbons (Fsp3) is 0.278. The van der Waals surface area contributed by atoms with Gasteiger partial charge in [-0.15, -0.1) is 0 Å². The van der Waals surface area contributed by atoms with Gasteiger partial charge in [-0.05, 0) is 48.4 Å². The highest BCUT2D eigenvalue weighted by Crippen LogP contribution is 2.36. The van der Waals surface area contributed by atoms with E-state index in [9.17, 15) is 26.4 Å². The summed E-state index contributed by atoms with van der Waals surface area (Å²) in [4.78, 5) is 11.5. The molecule has 11 heteroatoms. The second kappa shape index (κ2) is 8.91. The van der Waals surface area contributed by atoms with Crippen LogP contribution in [0.2, 0.25) is 5.02 Å². The van der Waals surface area contributed by atoms with Crippen LogP contribution in [-0.2, 0) is 16.2 Å². The van der Waals surface area contributed by atoms with Crippen LogP contribution >= 0.6 is 11.6 Å². The molecule has 158 valence electrons. The molecule has 0 aromatic heterocycles. The zero-order chi connectivity index (χ0) is 21.8. The van der Waals surface area contributed by atoms with Gasteiger partial charge in [0.25, 0.3) is 10.0 Å². The molecule has 6 nitrogen and oxygen atoms in total. The summed E-state index contributed by atoms with van der Waals surface area (Å²) in [6.45, 7) is 4.35. The molecule has 0 heterocycles. The lowest BCUT2D eigenvalue weighted by atomic mass is 10.2. The third-order valence-electron chi connectivity index (χ3n) is 3.62. The molecule has 2 aromatic rings. The first-order valence-electron chi connectivity index (χ1n) is 8.43. The maximum absolute atomic E-state index is 12.9. The van der Waals surface area contributed by atoms with Gasteiger partial charge in [0.1, 0.15) is 0 Å². The van der Waals surface area contributed by atoms with Crippen LogP contribution < -0.4 is 15.4 Å². The Morgan fingerprint density at radius 3 is 2.21 bits per heavy atom. The van der Waals surface area contributed by atoms with E-state index in [1.165, 1.54) is 24.3 Å². The van der Waals surface area contributed by atoms with E-state index in [0.29, 0.717) is 18.3 Å². The van der Waals surface area contributed by atoms with Crippen LogP contribution in [0.3, 0.4) is 0 Å². The van der Waals surface area contributed by atoms with Crippen molar-refractivity contribution < 1.29 is 26.4 Å². The van der Waals surface area contributed by atoms with E-state index in [-0.39, 0.29) is 16.5 Å².